The molecule has 0 radical (unpaired) electrons. The number of ether oxygens (including phenoxy) is 1. The molecule has 0 fully saturated rings. The summed E-state index contributed by atoms with van der Waals surface area (Å²) >= 11 is 3.72. The number of esters is 1. The number of carbonyl (C=O) groups is 2. The van der Waals surface area contributed by atoms with Crippen LogP contribution < -0.4 is 4.74 Å². The van der Waals surface area contributed by atoms with E-state index in [0.717, 1.165) is 0 Å². The van der Waals surface area contributed by atoms with E-state index in [-0.39, 0.29) is 17.1 Å². The van der Waals surface area contributed by atoms with Gasteiger partial charge in [0.25, 0.3) is 0 Å². The monoisotopic (exact) mass is 212 g/mol. The number of hydrogen-bond donors (Lipinski definition) is 2. The number of benzene rings is 1. The Morgan fingerprint density at radius 1 is 1.43 bits per heavy atom. The molecule has 1 aromatic carbocycles. The van der Waals surface area contributed by atoms with Crippen molar-refractivity contribution in [3.63, 3.8) is 0 Å². The lowest BCUT2D eigenvalue weighted by atomic mass is 10.2. The van der Waals surface area contributed by atoms with Gasteiger partial charge < -0.3 is 9.84 Å². The Labute approximate surface area is 85.9 Å². The lowest BCUT2D eigenvalue weighted by Crippen LogP contribution is -2.09. The van der Waals surface area contributed by atoms with Crippen molar-refractivity contribution in [2.24, 2.45) is 0 Å². The third-order valence-electron chi connectivity index (χ3n) is 1.44. The van der Waals surface area contributed by atoms with Crippen LogP contribution in [0.2, 0.25) is 0 Å². The van der Waals surface area contributed by atoms with E-state index in [2.05, 4.69) is 12.6 Å². The van der Waals surface area contributed by atoms with Crippen LogP contribution in [0.4, 0.5) is 0 Å². The minimum absolute atomic E-state index is 0.0443. The SMILES string of the molecule is O=C(CS)Oc1cccc(C(=O)O)c1. The third kappa shape index (κ3) is 2.77. The summed E-state index contributed by atoms with van der Waals surface area (Å²) in [4.78, 5) is 21.4. The molecule has 0 atom stereocenters. The van der Waals surface area contributed by atoms with Gasteiger partial charge in [0.15, 0.2) is 0 Å². The fraction of sp³-hybridized carbons (Fsp3) is 0.111. The van der Waals surface area contributed by atoms with Crippen LogP contribution in [0.25, 0.3) is 0 Å². The molecule has 1 rings (SSSR count). The van der Waals surface area contributed by atoms with Gasteiger partial charge in [0.05, 0.1) is 11.3 Å². The second-order valence-corrected chi connectivity index (χ2v) is 2.78. The van der Waals surface area contributed by atoms with Crippen LogP contribution in [-0.4, -0.2) is 22.8 Å². The highest BCUT2D eigenvalue weighted by Crippen LogP contribution is 2.13. The lowest BCUT2D eigenvalue weighted by Gasteiger charge is -2.02. The van der Waals surface area contributed by atoms with Gasteiger partial charge in [0, 0.05) is 0 Å². The van der Waals surface area contributed by atoms with Crippen molar-refractivity contribution in [2.75, 3.05) is 5.75 Å². The maximum absolute atomic E-state index is 10.8. The molecule has 1 N–H and O–H groups in total. The molecule has 0 aliphatic heterocycles. The summed E-state index contributed by atoms with van der Waals surface area (Å²) in [6.45, 7) is 0. The standard InChI is InChI=1S/C9H8O4S/c10-8(5-14)13-7-3-1-2-6(4-7)9(11)12/h1-4,14H,5H2,(H,11,12). The number of aromatic carboxylic acids is 1. The fourth-order valence-electron chi connectivity index (χ4n) is 0.856. The van der Waals surface area contributed by atoms with Gasteiger partial charge >= 0.3 is 11.9 Å². The van der Waals surface area contributed by atoms with Gasteiger partial charge in [-0.15, -0.1) is 0 Å². The van der Waals surface area contributed by atoms with E-state index in [4.69, 9.17) is 9.84 Å². The van der Waals surface area contributed by atoms with E-state index in [0.29, 0.717) is 0 Å². The van der Waals surface area contributed by atoms with E-state index in [9.17, 15) is 9.59 Å². The molecule has 0 spiro atoms. The van der Waals surface area contributed by atoms with Gasteiger partial charge in [-0.1, -0.05) is 6.07 Å². The van der Waals surface area contributed by atoms with E-state index in [1.54, 1.807) is 0 Å². The molecule has 0 unspecified atom stereocenters. The Kier molecular flexibility index (Phi) is 3.53. The second kappa shape index (κ2) is 4.66. The fourth-order valence-corrected chi connectivity index (χ4v) is 0.921. The first kappa shape index (κ1) is 10.6. The molecule has 1 aromatic rings. The molecule has 14 heavy (non-hydrogen) atoms. The van der Waals surface area contributed by atoms with Gasteiger partial charge in [-0.3, -0.25) is 4.79 Å². The predicted molar refractivity (Wildman–Crippen MR) is 52.9 cm³/mol. The summed E-state index contributed by atoms with van der Waals surface area (Å²) in [7, 11) is 0. The maximum Gasteiger partial charge on any atom is 0.335 e. The zero-order valence-corrected chi connectivity index (χ0v) is 8.03. The van der Waals surface area contributed by atoms with Crippen LogP contribution >= 0.6 is 12.6 Å². The molecule has 0 saturated heterocycles. The van der Waals surface area contributed by atoms with Crippen molar-refractivity contribution < 1.29 is 19.4 Å². The van der Waals surface area contributed by atoms with Gasteiger partial charge in [-0.05, 0) is 18.2 Å². The highest BCUT2D eigenvalue weighted by molar-refractivity contribution is 7.81. The van der Waals surface area contributed by atoms with Crippen molar-refractivity contribution in [3.8, 4) is 5.75 Å². The highest BCUT2D eigenvalue weighted by Gasteiger charge is 2.06. The van der Waals surface area contributed by atoms with Crippen molar-refractivity contribution in [1.29, 1.82) is 0 Å². The first-order chi connectivity index (χ1) is 6.63. The van der Waals surface area contributed by atoms with Crippen molar-refractivity contribution in [2.45, 2.75) is 0 Å². The van der Waals surface area contributed by atoms with Crippen LogP contribution in [0.5, 0.6) is 5.75 Å². The zero-order valence-electron chi connectivity index (χ0n) is 7.14. The number of thiol groups is 1. The summed E-state index contributed by atoms with van der Waals surface area (Å²) in [5.74, 6) is -1.41. The first-order valence-corrected chi connectivity index (χ1v) is 4.41. The number of rotatable bonds is 3. The first-order valence-electron chi connectivity index (χ1n) is 3.78. The Hall–Kier alpha value is -1.49. The Bertz CT molecular complexity index is 362. The molecule has 0 saturated carbocycles. The third-order valence-corrected chi connectivity index (χ3v) is 1.70. The van der Waals surface area contributed by atoms with Crippen LogP contribution in [-0.2, 0) is 4.79 Å². The number of carboxylic acids is 1. The smallest absolute Gasteiger partial charge is 0.335 e. The van der Waals surface area contributed by atoms with Crippen LogP contribution in [0.15, 0.2) is 24.3 Å². The lowest BCUT2D eigenvalue weighted by molar-refractivity contribution is -0.131. The summed E-state index contributed by atoms with van der Waals surface area (Å²) in [5, 5.41) is 8.65. The summed E-state index contributed by atoms with van der Waals surface area (Å²) in [6, 6.07) is 5.71. The van der Waals surface area contributed by atoms with Gasteiger partial charge in [0.1, 0.15) is 5.75 Å². The second-order valence-electron chi connectivity index (χ2n) is 2.47. The topological polar surface area (TPSA) is 63.6 Å². The van der Waals surface area contributed by atoms with Crippen LogP contribution in [0.3, 0.4) is 0 Å². The quantitative estimate of drug-likeness (QED) is 0.449. The molecule has 0 aromatic heterocycles. The summed E-state index contributed by atoms with van der Waals surface area (Å²) in [5.41, 5.74) is 0.0782. The zero-order chi connectivity index (χ0) is 10.6. The number of hydrogen-bond acceptors (Lipinski definition) is 4. The van der Waals surface area contributed by atoms with E-state index in [1.165, 1.54) is 24.3 Å². The molecular formula is C9H8O4S. The minimum Gasteiger partial charge on any atom is -0.478 e. The summed E-state index contributed by atoms with van der Waals surface area (Å²) in [6.07, 6.45) is 0. The van der Waals surface area contributed by atoms with Crippen molar-refractivity contribution in [1.82, 2.24) is 0 Å². The van der Waals surface area contributed by atoms with Crippen LogP contribution in [0.1, 0.15) is 10.4 Å². The van der Waals surface area contributed by atoms with E-state index >= 15 is 0 Å². The molecule has 0 aliphatic rings. The molecule has 74 valence electrons. The average molecular weight is 212 g/mol. The van der Waals surface area contributed by atoms with Crippen molar-refractivity contribution >= 4 is 24.6 Å². The molecule has 0 bridgehead atoms. The number of carboxylic acid groups (broad SMARTS) is 1. The molecular weight excluding hydrogens is 204 g/mol. The predicted octanol–water partition coefficient (Wildman–Crippen LogP) is 1.22. The molecule has 0 heterocycles. The van der Waals surface area contributed by atoms with Gasteiger partial charge in [0.2, 0.25) is 0 Å². The highest BCUT2D eigenvalue weighted by atomic mass is 32.1. The Morgan fingerprint density at radius 2 is 2.14 bits per heavy atom. The van der Waals surface area contributed by atoms with Crippen LogP contribution in [0, 0.1) is 0 Å². The molecule has 5 heteroatoms. The van der Waals surface area contributed by atoms with E-state index < -0.39 is 11.9 Å². The normalized spacial score (nSPS) is 9.50. The van der Waals surface area contributed by atoms with Crippen molar-refractivity contribution in [3.05, 3.63) is 29.8 Å². The molecule has 0 aliphatic carbocycles. The van der Waals surface area contributed by atoms with E-state index in [1.807, 2.05) is 0 Å². The minimum atomic E-state index is -1.06. The molecule has 4 nitrogen and oxygen atoms in total. The van der Waals surface area contributed by atoms with Gasteiger partial charge in [-0.25, -0.2) is 4.79 Å². The Morgan fingerprint density at radius 3 is 2.71 bits per heavy atom. The number of carbonyl (C=O) groups excluding carboxylic acids is 1. The Balaban J connectivity index is 2.83. The average Bonchev–Trinajstić information content (AvgIpc) is 2.18. The molecule has 0 amide bonds. The summed E-state index contributed by atoms with van der Waals surface area (Å²) < 4.78 is 4.78. The van der Waals surface area contributed by atoms with Gasteiger partial charge in [-0.2, -0.15) is 12.6 Å². The maximum atomic E-state index is 10.8. The largest absolute Gasteiger partial charge is 0.478 e.